The van der Waals surface area contributed by atoms with Crippen molar-refractivity contribution < 1.29 is 14.3 Å². The summed E-state index contributed by atoms with van der Waals surface area (Å²) >= 11 is 0. The number of halogens is 1. The summed E-state index contributed by atoms with van der Waals surface area (Å²) in [6.07, 6.45) is 4.05. The highest BCUT2D eigenvalue weighted by Gasteiger charge is 2.25. The average molecular weight is 393 g/mol. The Hall–Kier alpha value is -2.99. The minimum absolute atomic E-state index is 0.0391. The normalized spacial score (nSPS) is 14.7. The summed E-state index contributed by atoms with van der Waals surface area (Å²) in [5.74, 6) is -0.655. The van der Waals surface area contributed by atoms with Crippen LogP contribution in [-0.4, -0.2) is 27.3 Å². The van der Waals surface area contributed by atoms with Crippen LogP contribution in [0.1, 0.15) is 52.7 Å². The molecule has 1 amide bonds. The molecule has 1 aromatic heterocycles. The number of benzene rings is 2. The van der Waals surface area contributed by atoms with Crippen LogP contribution in [0.5, 0.6) is 0 Å². The van der Waals surface area contributed by atoms with Crippen molar-refractivity contribution in [2.45, 2.75) is 38.2 Å². The SMILES string of the molecule is O=C(NCC(O)c1ccc(F)cc1)c1nn(-c2ccccc2)c2c1CCCCC2. The van der Waals surface area contributed by atoms with Gasteiger partial charge < -0.3 is 10.4 Å². The fourth-order valence-electron chi connectivity index (χ4n) is 3.82. The Morgan fingerprint density at radius 2 is 1.79 bits per heavy atom. The predicted octanol–water partition coefficient (Wildman–Crippen LogP) is 3.74. The molecular formula is C23H24FN3O2. The molecule has 5 nitrogen and oxygen atoms in total. The van der Waals surface area contributed by atoms with Crippen molar-refractivity contribution in [3.63, 3.8) is 0 Å². The zero-order valence-electron chi connectivity index (χ0n) is 16.1. The van der Waals surface area contributed by atoms with E-state index in [0.717, 1.165) is 49.0 Å². The zero-order valence-corrected chi connectivity index (χ0v) is 16.1. The molecule has 0 saturated carbocycles. The Bertz CT molecular complexity index is 983. The van der Waals surface area contributed by atoms with Crippen LogP contribution < -0.4 is 5.32 Å². The van der Waals surface area contributed by atoms with Gasteiger partial charge in [0.05, 0.1) is 11.8 Å². The van der Waals surface area contributed by atoms with Gasteiger partial charge in [-0.15, -0.1) is 0 Å². The van der Waals surface area contributed by atoms with Crippen molar-refractivity contribution in [2.75, 3.05) is 6.54 Å². The molecule has 1 aliphatic carbocycles. The number of aliphatic hydroxyl groups is 1. The van der Waals surface area contributed by atoms with Gasteiger partial charge in [-0.3, -0.25) is 4.79 Å². The maximum absolute atomic E-state index is 13.1. The first kappa shape index (κ1) is 19.3. The lowest BCUT2D eigenvalue weighted by Gasteiger charge is -2.12. The minimum atomic E-state index is -0.908. The predicted molar refractivity (Wildman–Crippen MR) is 109 cm³/mol. The molecule has 6 heteroatoms. The van der Waals surface area contributed by atoms with E-state index in [4.69, 9.17) is 0 Å². The molecule has 0 spiro atoms. The monoisotopic (exact) mass is 393 g/mol. The van der Waals surface area contributed by atoms with Gasteiger partial charge in [0.15, 0.2) is 5.69 Å². The molecule has 2 aromatic carbocycles. The number of aromatic nitrogens is 2. The summed E-state index contributed by atoms with van der Waals surface area (Å²) in [5, 5.41) is 17.7. The Morgan fingerprint density at radius 1 is 1.07 bits per heavy atom. The number of carbonyl (C=O) groups excluding carboxylic acids is 1. The lowest BCUT2D eigenvalue weighted by Crippen LogP contribution is -2.29. The summed E-state index contributed by atoms with van der Waals surface area (Å²) in [5.41, 5.74) is 4.02. The van der Waals surface area contributed by atoms with Crippen molar-refractivity contribution in [2.24, 2.45) is 0 Å². The van der Waals surface area contributed by atoms with Crippen molar-refractivity contribution in [1.29, 1.82) is 0 Å². The van der Waals surface area contributed by atoms with Crippen molar-refractivity contribution >= 4 is 5.91 Å². The van der Waals surface area contributed by atoms with E-state index in [0.29, 0.717) is 11.3 Å². The Kier molecular flexibility index (Phi) is 5.71. The van der Waals surface area contributed by atoms with Crippen LogP contribution in [0.15, 0.2) is 54.6 Å². The highest BCUT2D eigenvalue weighted by molar-refractivity contribution is 5.94. The fraction of sp³-hybridized carbons (Fsp3) is 0.304. The maximum atomic E-state index is 13.1. The van der Waals surface area contributed by atoms with Gasteiger partial charge in [-0.05, 0) is 55.5 Å². The number of nitrogens with one attached hydrogen (secondary N) is 1. The van der Waals surface area contributed by atoms with Gasteiger partial charge in [0, 0.05) is 17.8 Å². The van der Waals surface area contributed by atoms with Gasteiger partial charge in [-0.1, -0.05) is 36.8 Å². The van der Waals surface area contributed by atoms with E-state index in [1.165, 1.54) is 24.3 Å². The van der Waals surface area contributed by atoms with Gasteiger partial charge in [0.2, 0.25) is 0 Å². The average Bonchev–Trinajstić information content (AvgIpc) is 2.94. The lowest BCUT2D eigenvalue weighted by atomic mass is 10.1. The first-order valence-corrected chi connectivity index (χ1v) is 10.0. The molecule has 1 unspecified atom stereocenters. The molecule has 0 aliphatic heterocycles. The van der Waals surface area contributed by atoms with E-state index < -0.39 is 6.10 Å². The van der Waals surface area contributed by atoms with Crippen molar-refractivity contribution in [1.82, 2.24) is 15.1 Å². The molecule has 0 saturated heterocycles. The second kappa shape index (κ2) is 8.57. The first-order valence-electron chi connectivity index (χ1n) is 10.0. The third kappa shape index (κ3) is 4.22. The summed E-state index contributed by atoms with van der Waals surface area (Å²) < 4.78 is 14.9. The van der Waals surface area contributed by atoms with Gasteiger partial charge in [0.1, 0.15) is 5.82 Å². The van der Waals surface area contributed by atoms with Gasteiger partial charge >= 0.3 is 0 Å². The van der Waals surface area contributed by atoms with Crippen LogP contribution in [0.2, 0.25) is 0 Å². The number of hydrogen-bond donors (Lipinski definition) is 2. The van der Waals surface area contributed by atoms with Crippen molar-refractivity contribution in [3.05, 3.63) is 82.9 Å². The number of hydrogen-bond acceptors (Lipinski definition) is 3. The zero-order chi connectivity index (χ0) is 20.2. The van der Waals surface area contributed by atoms with Gasteiger partial charge in [-0.2, -0.15) is 5.10 Å². The molecule has 0 fully saturated rings. The summed E-state index contributed by atoms with van der Waals surface area (Å²) in [6, 6.07) is 15.5. The molecule has 0 bridgehead atoms. The molecule has 150 valence electrons. The summed E-state index contributed by atoms with van der Waals surface area (Å²) in [6.45, 7) is 0.0391. The van der Waals surface area contributed by atoms with Gasteiger partial charge in [0.25, 0.3) is 5.91 Å². The second-order valence-electron chi connectivity index (χ2n) is 7.36. The van der Waals surface area contributed by atoms with Gasteiger partial charge in [-0.25, -0.2) is 9.07 Å². The van der Waals surface area contributed by atoms with Crippen molar-refractivity contribution in [3.8, 4) is 5.69 Å². The highest BCUT2D eigenvalue weighted by atomic mass is 19.1. The van der Waals surface area contributed by atoms with Crippen LogP contribution in [0.25, 0.3) is 5.69 Å². The number of carbonyl (C=O) groups is 1. The van der Waals surface area contributed by atoms with Crippen LogP contribution in [0, 0.1) is 5.82 Å². The molecular weight excluding hydrogens is 369 g/mol. The number of fused-ring (bicyclic) bond motifs is 1. The molecule has 29 heavy (non-hydrogen) atoms. The minimum Gasteiger partial charge on any atom is -0.387 e. The third-order valence-electron chi connectivity index (χ3n) is 5.36. The Labute approximate surface area is 169 Å². The number of para-hydroxylation sites is 1. The second-order valence-corrected chi connectivity index (χ2v) is 7.36. The van der Waals surface area contributed by atoms with Crippen LogP contribution >= 0.6 is 0 Å². The van der Waals surface area contributed by atoms with E-state index in [1.54, 1.807) is 0 Å². The largest absolute Gasteiger partial charge is 0.387 e. The molecule has 1 heterocycles. The topological polar surface area (TPSA) is 67.2 Å². The molecule has 3 aromatic rings. The summed E-state index contributed by atoms with van der Waals surface area (Å²) in [7, 11) is 0. The number of aliphatic hydroxyl groups excluding tert-OH is 1. The number of amides is 1. The third-order valence-corrected chi connectivity index (χ3v) is 5.36. The maximum Gasteiger partial charge on any atom is 0.272 e. The van der Waals surface area contributed by atoms with E-state index in [1.807, 2.05) is 35.0 Å². The van der Waals surface area contributed by atoms with E-state index in [2.05, 4.69) is 10.4 Å². The fourth-order valence-corrected chi connectivity index (χ4v) is 3.82. The molecule has 0 radical (unpaired) electrons. The lowest BCUT2D eigenvalue weighted by molar-refractivity contribution is 0.0910. The number of nitrogens with zero attached hydrogens (tertiary/aromatic N) is 2. The standard InChI is InChI=1S/C23H24FN3O2/c24-17-13-11-16(12-14-17)21(28)15-25-23(29)22-19-9-5-2-6-10-20(19)27(26-22)18-7-3-1-4-8-18/h1,3-4,7-8,11-14,21,28H,2,5-6,9-10,15H2,(H,25,29). The molecule has 1 atom stereocenters. The molecule has 2 N–H and O–H groups in total. The Morgan fingerprint density at radius 3 is 2.55 bits per heavy atom. The quantitative estimate of drug-likeness (QED) is 0.649. The highest BCUT2D eigenvalue weighted by Crippen LogP contribution is 2.26. The van der Waals surface area contributed by atoms with Crippen LogP contribution in [0.3, 0.4) is 0 Å². The molecule has 1 aliphatic rings. The number of rotatable bonds is 5. The Balaban J connectivity index is 1.56. The summed E-state index contributed by atoms with van der Waals surface area (Å²) in [4.78, 5) is 12.9. The smallest absolute Gasteiger partial charge is 0.272 e. The van der Waals surface area contributed by atoms with E-state index in [9.17, 15) is 14.3 Å². The molecule has 4 rings (SSSR count). The first-order chi connectivity index (χ1) is 14.1. The van der Waals surface area contributed by atoms with E-state index in [-0.39, 0.29) is 18.3 Å². The van der Waals surface area contributed by atoms with Crippen LogP contribution in [0.4, 0.5) is 4.39 Å². The van der Waals surface area contributed by atoms with E-state index >= 15 is 0 Å². The van der Waals surface area contributed by atoms with Crippen LogP contribution in [-0.2, 0) is 12.8 Å².